The molecule has 0 bridgehead atoms. The number of fused-ring (bicyclic) bond motifs is 1. The lowest BCUT2D eigenvalue weighted by atomic mass is 10.1. The number of benzene rings is 2. The van der Waals surface area contributed by atoms with Crippen molar-refractivity contribution < 1.29 is 14.3 Å². The zero-order valence-corrected chi connectivity index (χ0v) is 15.2. The SMILES string of the molecule is CCN(Cc1ccc2c(c1)OCO2)C(=O)/C=C/c1c(Cl)cccc1Cl. The molecule has 1 aliphatic heterocycles. The second-order valence-electron chi connectivity index (χ2n) is 5.51. The van der Waals surface area contributed by atoms with Gasteiger partial charge in [-0.2, -0.15) is 0 Å². The van der Waals surface area contributed by atoms with Crippen LogP contribution < -0.4 is 9.47 Å². The fourth-order valence-electron chi connectivity index (χ4n) is 2.54. The Morgan fingerprint density at radius 3 is 2.60 bits per heavy atom. The van der Waals surface area contributed by atoms with Gasteiger partial charge < -0.3 is 14.4 Å². The predicted molar refractivity (Wildman–Crippen MR) is 99.2 cm³/mol. The van der Waals surface area contributed by atoms with Crippen LogP contribution in [0.4, 0.5) is 0 Å². The van der Waals surface area contributed by atoms with E-state index >= 15 is 0 Å². The van der Waals surface area contributed by atoms with Crippen molar-refractivity contribution in [2.24, 2.45) is 0 Å². The van der Waals surface area contributed by atoms with E-state index in [1.165, 1.54) is 6.08 Å². The average Bonchev–Trinajstić information content (AvgIpc) is 3.06. The number of likely N-dealkylation sites (N-methyl/N-ethyl adjacent to an activating group) is 1. The summed E-state index contributed by atoms with van der Waals surface area (Å²) in [6.45, 7) is 3.22. The number of hydrogen-bond acceptors (Lipinski definition) is 3. The Hall–Kier alpha value is -2.17. The van der Waals surface area contributed by atoms with Crippen LogP contribution in [0, 0.1) is 0 Å². The molecule has 25 heavy (non-hydrogen) atoms. The van der Waals surface area contributed by atoms with Crippen molar-refractivity contribution in [2.75, 3.05) is 13.3 Å². The van der Waals surface area contributed by atoms with E-state index in [2.05, 4.69) is 0 Å². The summed E-state index contributed by atoms with van der Waals surface area (Å²) in [5.74, 6) is 1.32. The second kappa shape index (κ2) is 7.81. The van der Waals surface area contributed by atoms with Crippen molar-refractivity contribution in [3.05, 3.63) is 63.6 Å². The molecule has 0 saturated carbocycles. The molecule has 0 unspecified atom stereocenters. The predicted octanol–water partition coefficient (Wildman–Crippen LogP) is 4.78. The molecule has 1 heterocycles. The summed E-state index contributed by atoms with van der Waals surface area (Å²) in [5, 5.41) is 1.02. The molecule has 0 fully saturated rings. The number of nitrogens with zero attached hydrogens (tertiary/aromatic N) is 1. The van der Waals surface area contributed by atoms with E-state index in [-0.39, 0.29) is 12.7 Å². The van der Waals surface area contributed by atoms with Crippen LogP contribution in [0.3, 0.4) is 0 Å². The summed E-state index contributed by atoms with van der Waals surface area (Å²) < 4.78 is 10.7. The molecule has 0 aliphatic carbocycles. The molecule has 0 spiro atoms. The Morgan fingerprint density at radius 2 is 1.88 bits per heavy atom. The van der Waals surface area contributed by atoms with Gasteiger partial charge in [0.2, 0.25) is 12.7 Å². The number of halogens is 2. The Balaban J connectivity index is 1.72. The summed E-state index contributed by atoms with van der Waals surface area (Å²) in [6, 6.07) is 10.9. The van der Waals surface area contributed by atoms with Gasteiger partial charge in [-0.25, -0.2) is 0 Å². The average molecular weight is 378 g/mol. The van der Waals surface area contributed by atoms with Gasteiger partial charge >= 0.3 is 0 Å². The lowest BCUT2D eigenvalue weighted by Gasteiger charge is -2.19. The van der Waals surface area contributed by atoms with E-state index in [0.717, 1.165) is 11.3 Å². The largest absolute Gasteiger partial charge is 0.454 e. The number of amides is 1. The van der Waals surface area contributed by atoms with Crippen molar-refractivity contribution in [2.45, 2.75) is 13.5 Å². The highest BCUT2D eigenvalue weighted by atomic mass is 35.5. The fourth-order valence-corrected chi connectivity index (χ4v) is 3.06. The molecule has 0 radical (unpaired) electrons. The summed E-state index contributed by atoms with van der Waals surface area (Å²) in [6.07, 6.45) is 3.14. The summed E-state index contributed by atoms with van der Waals surface area (Å²) in [7, 11) is 0. The first-order chi connectivity index (χ1) is 12.1. The number of carbonyl (C=O) groups is 1. The topological polar surface area (TPSA) is 38.8 Å². The van der Waals surface area contributed by atoms with Crippen molar-refractivity contribution >= 4 is 35.2 Å². The quantitative estimate of drug-likeness (QED) is 0.703. The summed E-state index contributed by atoms with van der Waals surface area (Å²) in [4.78, 5) is 14.2. The van der Waals surface area contributed by atoms with E-state index in [1.54, 1.807) is 29.2 Å². The minimum atomic E-state index is -0.115. The van der Waals surface area contributed by atoms with Crippen LogP contribution in [0.5, 0.6) is 11.5 Å². The molecule has 130 valence electrons. The third kappa shape index (κ3) is 4.09. The van der Waals surface area contributed by atoms with Gasteiger partial charge in [0.25, 0.3) is 0 Å². The second-order valence-corrected chi connectivity index (χ2v) is 6.32. The van der Waals surface area contributed by atoms with Crippen molar-refractivity contribution in [1.82, 2.24) is 4.90 Å². The van der Waals surface area contributed by atoms with Gasteiger partial charge in [0, 0.05) is 34.8 Å². The Kier molecular flexibility index (Phi) is 5.51. The van der Waals surface area contributed by atoms with Crippen LogP contribution >= 0.6 is 23.2 Å². The summed E-state index contributed by atoms with van der Waals surface area (Å²) >= 11 is 12.2. The summed E-state index contributed by atoms with van der Waals surface area (Å²) in [5.41, 5.74) is 1.61. The smallest absolute Gasteiger partial charge is 0.246 e. The maximum Gasteiger partial charge on any atom is 0.246 e. The molecule has 0 aromatic heterocycles. The van der Waals surface area contributed by atoms with E-state index in [0.29, 0.717) is 34.4 Å². The molecule has 0 saturated heterocycles. The van der Waals surface area contributed by atoms with Gasteiger partial charge in [0.1, 0.15) is 0 Å². The van der Waals surface area contributed by atoms with E-state index in [1.807, 2.05) is 25.1 Å². The molecule has 6 heteroatoms. The van der Waals surface area contributed by atoms with Crippen LogP contribution in [0.2, 0.25) is 10.0 Å². The lowest BCUT2D eigenvalue weighted by Crippen LogP contribution is -2.28. The molecular formula is C19H17Cl2NO3. The van der Waals surface area contributed by atoms with Crippen LogP contribution in [0.1, 0.15) is 18.1 Å². The maximum absolute atomic E-state index is 12.5. The maximum atomic E-state index is 12.5. The zero-order chi connectivity index (χ0) is 17.8. The third-order valence-electron chi connectivity index (χ3n) is 3.90. The van der Waals surface area contributed by atoms with Crippen LogP contribution in [-0.4, -0.2) is 24.1 Å². The van der Waals surface area contributed by atoms with E-state index < -0.39 is 0 Å². The highest BCUT2D eigenvalue weighted by Gasteiger charge is 2.15. The minimum Gasteiger partial charge on any atom is -0.454 e. The first-order valence-corrected chi connectivity index (χ1v) is 8.63. The number of carbonyl (C=O) groups excluding carboxylic acids is 1. The number of hydrogen-bond donors (Lipinski definition) is 0. The van der Waals surface area contributed by atoms with Crippen LogP contribution in [0.15, 0.2) is 42.5 Å². The molecule has 0 N–H and O–H groups in total. The van der Waals surface area contributed by atoms with E-state index in [4.69, 9.17) is 32.7 Å². The van der Waals surface area contributed by atoms with Gasteiger partial charge in [-0.05, 0) is 42.8 Å². The molecule has 3 rings (SSSR count). The molecule has 4 nitrogen and oxygen atoms in total. The van der Waals surface area contributed by atoms with Gasteiger partial charge in [-0.15, -0.1) is 0 Å². The Labute approximate surface area is 156 Å². The highest BCUT2D eigenvalue weighted by molar-refractivity contribution is 6.37. The van der Waals surface area contributed by atoms with Gasteiger partial charge in [-0.1, -0.05) is 35.3 Å². The first kappa shape index (κ1) is 17.6. The first-order valence-electron chi connectivity index (χ1n) is 7.88. The highest BCUT2D eigenvalue weighted by Crippen LogP contribution is 2.33. The Bertz CT molecular complexity index is 800. The molecule has 2 aromatic carbocycles. The van der Waals surface area contributed by atoms with Crippen molar-refractivity contribution in [3.8, 4) is 11.5 Å². The molecular weight excluding hydrogens is 361 g/mol. The molecule has 1 amide bonds. The minimum absolute atomic E-state index is 0.115. The number of ether oxygens (including phenoxy) is 2. The monoisotopic (exact) mass is 377 g/mol. The van der Waals surface area contributed by atoms with E-state index in [9.17, 15) is 4.79 Å². The molecule has 2 aromatic rings. The fraction of sp³-hybridized carbons (Fsp3) is 0.211. The molecule has 0 atom stereocenters. The standard InChI is InChI=1S/C19H17Cl2NO3/c1-2-22(11-13-6-8-17-18(10-13)25-12-24-17)19(23)9-7-14-15(20)4-3-5-16(14)21/h3-10H,2,11-12H2,1H3/b9-7+. The number of rotatable bonds is 5. The third-order valence-corrected chi connectivity index (χ3v) is 4.56. The van der Waals surface area contributed by atoms with Crippen LogP contribution in [-0.2, 0) is 11.3 Å². The van der Waals surface area contributed by atoms with Crippen molar-refractivity contribution in [3.63, 3.8) is 0 Å². The van der Waals surface area contributed by atoms with Gasteiger partial charge in [-0.3, -0.25) is 4.79 Å². The lowest BCUT2D eigenvalue weighted by molar-refractivity contribution is -0.126. The van der Waals surface area contributed by atoms with Crippen molar-refractivity contribution in [1.29, 1.82) is 0 Å². The van der Waals surface area contributed by atoms with Gasteiger partial charge in [0.05, 0.1) is 0 Å². The van der Waals surface area contributed by atoms with Crippen LogP contribution in [0.25, 0.3) is 6.08 Å². The Morgan fingerprint density at radius 1 is 1.16 bits per heavy atom. The molecule has 1 aliphatic rings. The van der Waals surface area contributed by atoms with Gasteiger partial charge in [0.15, 0.2) is 11.5 Å². The normalized spacial score (nSPS) is 12.6. The zero-order valence-electron chi connectivity index (χ0n) is 13.7.